The van der Waals surface area contributed by atoms with Crippen LogP contribution in [-0.4, -0.2) is 8.15 Å². The second-order valence-corrected chi connectivity index (χ2v) is 10.7. The van der Waals surface area contributed by atoms with Crippen molar-refractivity contribution in [2.24, 2.45) is 0 Å². The van der Waals surface area contributed by atoms with E-state index in [-0.39, 0.29) is 0 Å². The van der Waals surface area contributed by atoms with Gasteiger partial charge in [0.25, 0.3) is 0 Å². The summed E-state index contributed by atoms with van der Waals surface area (Å²) < 4.78 is 4.50. The quantitative estimate of drug-likeness (QED) is 0.348. The Morgan fingerprint density at radius 1 is 1.53 bits per heavy atom. The number of benzene rings is 1. The fraction of sp³-hybridized carbons (Fsp3) is 0.357. The van der Waals surface area contributed by atoms with Crippen LogP contribution in [0.2, 0.25) is 0 Å². The van der Waals surface area contributed by atoms with Gasteiger partial charge in [0.05, 0.1) is 0 Å². The summed E-state index contributed by atoms with van der Waals surface area (Å²) >= 11 is 1.09. The number of halogens is 2. The zero-order valence-electron chi connectivity index (χ0n) is 10.4. The van der Waals surface area contributed by atoms with E-state index >= 15 is 0 Å². The van der Waals surface area contributed by atoms with Crippen LogP contribution in [0.4, 0.5) is 0 Å². The molecule has 0 heterocycles. The van der Waals surface area contributed by atoms with E-state index in [1.807, 2.05) is 0 Å². The molecule has 0 aliphatic carbocycles. The van der Waals surface area contributed by atoms with Crippen molar-refractivity contribution < 1.29 is 0 Å². The number of hydrogen-bond donors (Lipinski definition) is 1. The van der Waals surface area contributed by atoms with Gasteiger partial charge in [0, 0.05) is 0 Å². The van der Waals surface area contributed by atoms with E-state index in [1.165, 1.54) is 25.5 Å². The molecule has 0 saturated carbocycles. The molecule has 17 heavy (non-hydrogen) atoms. The molecule has 0 spiro atoms. The van der Waals surface area contributed by atoms with Crippen LogP contribution in [-0.2, 0) is 4.43 Å². The van der Waals surface area contributed by atoms with Gasteiger partial charge in [-0.15, -0.1) is 0 Å². The topological polar surface area (TPSA) is 23.9 Å². The van der Waals surface area contributed by atoms with Crippen molar-refractivity contribution in [2.75, 3.05) is 4.43 Å². The van der Waals surface area contributed by atoms with E-state index in [0.29, 0.717) is 0 Å². The third kappa shape index (κ3) is 4.69. The molecule has 1 aromatic carbocycles. The zero-order chi connectivity index (χ0) is 12.8. The van der Waals surface area contributed by atoms with Gasteiger partial charge in [-0.2, -0.15) is 0 Å². The molecule has 0 radical (unpaired) electrons. The molecule has 0 fully saturated rings. The summed E-state index contributed by atoms with van der Waals surface area (Å²) in [4.78, 5) is 0. The minimum absolute atomic E-state index is 0.826. The van der Waals surface area contributed by atoms with Crippen LogP contribution in [0.25, 0.3) is 0 Å². The summed E-state index contributed by atoms with van der Waals surface area (Å²) in [5, 5.41) is 8.01. The fourth-order valence-corrected chi connectivity index (χ4v) is 8.06. The van der Waals surface area contributed by atoms with Crippen LogP contribution < -0.4 is 0 Å². The van der Waals surface area contributed by atoms with Crippen LogP contribution in [0.15, 0.2) is 30.9 Å². The maximum atomic E-state index is 8.01. The summed E-state index contributed by atoms with van der Waals surface area (Å²) in [7, 11) is 0. The first-order chi connectivity index (χ1) is 8.08. The maximum absolute atomic E-state index is 8.01. The van der Waals surface area contributed by atoms with Gasteiger partial charge in [0.2, 0.25) is 0 Å². The van der Waals surface area contributed by atoms with Gasteiger partial charge in [-0.3, -0.25) is 0 Å². The molecular weight excluding hydrogens is 436 g/mol. The first-order valence-corrected chi connectivity index (χ1v) is 10.9. The molecule has 1 N–H and O–H groups in total. The van der Waals surface area contributed by atoms with Crippen LogP contribution in [0.1, 0.15) is 24.5 Å². The van der Waals surface area contributed by atoms with Crippen molar-refractivity contribution in [3.8, 4) is 0 Å². The number of rotatable bonds is 6. The number of nitrogens with one attached hydrogen (secondary N) is 1. The molecule has 0 aromatic heterocycles. The van der Waals surface area contributed by atoms with Gasteiger partial charge in [-0.05, 0) is 0 Å². The predicted octanol–water partition coefficient (Wildman–Crippen LogP) is 5.18. The normalized spacial score (nSPS) is 11.1. The van der Waals surface area contributed by atoms with Crippen LogP contribution in [0.5, 0.6) is 0 Å². The van der Waals surface area contributed by atoms with E-state index in [9.17, 15) is 0 Å². The van der Waals surface area contributed by atoms with Crippen molar-refractivity contribution in [3.05, 3.63) is 45.6 Å². The number of aryl methyl sites for hydroxylation is 1. The molecule has 1 rings (SSSR count). The Morgan fingerprint density at radius 2 is 2.24 bits per heavy atom. The van der Waals surface area contributed by atoms with Gasteiger partial charge >= 0.3 is 126 Å². The number of allylic oxidation sites excluding steroid dienone is 1. The fourth-order valence-electron chi connectivity index (χ4n) is 1.51. The Kier molecular flexibility index (Phi) is 6.69. The third-order valence-electron chi connectivity index (χ3n) is 2.40. The van der Waals surface area contributed by atoms with E-state index in [0.717, 1.165) is 8.15 Å². The van der Waals surface area contributed by atoms with E-state index in [2.05, 4.69) is 61.2 Å². The molecule has 0 aliphatic heterocycles. The Balaban J connectivity index is 2.85. The second kappa shape index (κ2) is 7.51. The molecule has 1 nitrogen and oxygen atoms in total. The molecule has 0 atom stereocenters. The van der Waals surface area contributed by atoms with Crippen molar-refractivity contribution >= 4 is 46.1 Å². The molecule has 3 heteroatoms. The second-order valence-electron chi connectivity index (χ2n) is 3.93. The van der Waals surface area contributed by atoms with Crippen molar-refractivity contribution in [1.82, 2.24) is 0 Å². The summed E-state index contributed by atoms with van der Waals surface area (Å²) in [6.07, 6.45) is 2.94. The Morgan fingerprint density at radius 3 is 2.76 bits per heavy atom. The van der Waals surface area contributed by atoms with Gasteiger partial charge in [0.1, 0.15) is 0 Å². The standard InChI is InChI=1S/C14H19I2N/c1-4-8-16(14(17)5-2)10-12-7-6-11(3)9-13(12)15/h5-7,9,17H,2,4,8,10H2,1,3H3. The Hall–Kier alpha value is 0.0900. The summed E-state index contributed by atoms with van der Waals surface area (Å²) in [6.45, 7) is 8.09. The van der Waals surface area contributed by atoms with Crippen molar-refractivity contribution in [1.29, 1.82) is 5.41 Å². The number of hydrogen-bond acceptors (Lipinski definition) is 1. The minimum atomic E-state index is -1.32. The molecule has 0 amide bonds. The Labute approximate surface area is 125 Å². The molecule has 0 bridgehead atoms. The summed E-state index contributed by atoms with van der Waals surface area (Å²) in [5.74, 6) is 0. The van der Waals surface area contributed by atoms with Gasteiger partial charge in [0.15, 0.2) is 0 Å². The average Bonchev–Trinajstić information content (AvgIpc) is 2.30. The van der Waals surface area contributed by atoms with E-state index < -0.39 is 19.8 Å². The van der Waals surface area contributed by atoms with Crippen LogP contribution in [0, 0.1) is 15.9 Å². The van der Waals surface area contributed by atoms with Crippen LogP contribution in [0.3, 0.4) is 0 Å². The molecule has 0 unspecified atom stereocenters. The molecule has 0 saturated heterocycles. The summed E-state index contributed by atoms with van der Waals surface area (Å²) in [6, 6.07) is 6.64. The predicted molar refractivity (Wildman–Crippen MR) is 94.7 cm³/mol. The Bertz CT molecular complexity index is 413. The first-order valence-electron chi connectivity index (χ1n) is 5.66. The SMILES string of the molecule is C=CC(=N)I(CCC)Cc1ccc(C)cc1I. The van der Waals surface area contributed by atoms with E-state index in [1.54, 1.807) is 6.08 Å². The summed E-state index contributed by atoms with van der Waals surface area (Å²) in [5.41, 5.74) is 2.73. The van der Waals surface area contributed by atoms with Gasteiger partial charge in [-0.25, -0.2) is 0 Å². The number of alkyl halides is 2. The monoisotopic (exact) mass is 455 g/mol. The van der Waals surface area contributed by atoms with Crippen molar-refractivity contribution in [3.63, 3.8) is 0 Å². The third-order valence-corrected chi connectivity index (χ3v) is 9.61. The molecule has 1 aromatic rings. The first kappa shape index (κ1) is 15.1. The molecular formula is C14H19I2N. The van der Waals surface area contributed by atoms with Crippen molar-refractivity contribution in [2.45, 2.75) is 24.7 Å². The molecule has 0 aliphatic rings. The van der Waals surface area contributed by atoms with E-state index in [4.69, 9.17) is 5.41 Å². The van der Waals surface area contributed by atoms with Crippen LogP contribution >= 0.6 is 42.4 Å². The van der Waals surface area contributed by atoms with Gasteiger partial charge in [-0.1, -0.05) is 0 Å². The zero-order valence-corrected chi connectivity index (χ0v) is 14.7. The van der Waals surface area contributed by atoms with Gasteiger partial charge < -0.3 is 0 Å². The molecule has 94 valence electrons. The average molecular weight is 455 g/mol.